The topological polar surface area (TPSA) is 0 Å². The highest BCUT2D eigenvalue weighted by Crippen LogP contribution is 2.57. The molecule has 7 rings (SSSR count). The number of rotatable bonds is 3. The predicted molar refractivity (Wildman–Crippen MR) is 147 cm³/mol. The van der Waals surface area contributed by atoms with E-state index in [-0.39, 0.29) is 0 Å². The number of benzene rings is 6. The fourth-order valence-corrected chi connectivity index (χ4v) is 5.73. The fourth-order valence-electron chi connectivity index (χ4n) is 5.73. The van der Waals surface area contributed by atoms with Gasteiger partial charge < -0.3 is 0 Å². The van der Waals surface area contributed by atoms with Gasteiger partial charge in [-0.1, -0.05) is 128 Å². The Labute approximate surface area is 199 Å². The third-order valence-corrected chi connectivity index (χ3v) is 7.16. The van der Waals surface area contributed by atoms with Crippen molar-refractivity contribution in [1.82, 2.24) is 0 Å². The normalized spacial score (nSPS) is 11.6. The van der Waals surface area contributed by atoms with Crippen LogP contribution in [0.4, 0.5) is 0 Å². The van der Waals surface area contributed by atoms with Crippen molar-refractivity contribution in [2.24, 2.45) is 0 Å². The third-order valence-electron chi connectivity index (χ3n) is 7.16. The van der Waals surface area contributed by atoms with E-state index in [2.05, 4.69) is 122 Å². The first-order chi connectivity index (χ1) is 16.8. The van der Waals surface area contributed by atoms with Crippen molar-refractivity contribution >= 4 is 27.6 Å². The molecule has 34 heavy (non-hydrogen) atoms. The molecule has 0 N–H and O–H groups in total. The SMILES string of the molecule is C=Cc1ccc(-c2c3c(c(-c4ccccc4)c4ccccc24)-c2cccc4cccc-3c24)cc1. The van der Waals surface area contributed by atoms with Gasteiger partial charge in [0.25, 0.3) is 0 Å². The number of hydrogen-bond donors (Lipinski definition) is 0. The molecular formula is C34H22. The average molecular weight is 431 g/mol. The minimum atomic E-state index is 1.14. The number of hydrogen-bond acceptors (Lipinski definition) is 0. The maximum absolute atomic E-state index is 3.94. The van der Waals surface area contributed by atoms with E-state index in [0.717, 1.165) is 5.56 Å². The summed E-state index contributed by atoms with van der Waals surface area (Å²) in [6, 6.07) is 42.0. The molecule has 0 heterocycles. The second kappa shape index (κ2) is 7.30. The van der Waals surface area contributed by atoms with Crippen molar-refractivity contribution in [3.63, 3.8) is 0 Å². The summed E-state index contributed by atoms with van der Waals surface area (Å²) in [4.78, 5) is 0. The smallest absolute Gasteiger partial charge is 0.000742 e. The van der Waals surface area contributed by atoms with Crippen LogP contribution in [-0.2, 0) is 0 Å². The highest BCUT2D eigenvalue weighted by atomic mass is 14.3. The zero-order valence-corrected chi connectivity index (χ0v) is 18.8. The van der Waals surface area contributed by atoms with Crippen molar-refractivity contribution in [1.29, 1.82) is 0 Å². The van der Waals surface area contributed by atoms with Gasteiger partial charge in [-0.05, 0) is 71.6 Å². The van der Waals surface area contributed by atoms with Gasteiger partial charge in [-0.3, -0.25) is 0 Å². The summed E-state index contributed by atoms with van der Waals surface area (Å²) in [5.74, 6) is 0. The summed E-state index contributed by atoms with van der Waals surface area (Å²) in [5.41, 5.74) is 11.6. The fraction of sp³-hybridized carbons (Fsp3) is 0. The van der Waals surface area contributed by atoms with E-state index in [9.17, 15) is 0 Å². The number of fused-ring (bicyclic) bond motifs is 4. The zero-order chi connectivity index (χ0) is 22.6. The summed E-state index contributed by atoms with van der Waals surface area (Å²) < 4.78 is 0. The third kappa shape index (κ3) is 2.60. The maximum atomic E-state index is 3.94. The van der Waals surface area contributed by atoms with Gasteiger partial charge in [0, 0.05) is 0 Å². The molecule has 0 unspecified atom stereocenters. The highest BCUT2D eigenvalue weighted by Gasteiger charge is 2.30. The van der Waals surface area contributed by atoms with Crippen LogP contribution in [-0.4, -0.2) is 0 Å². The van der Waals surface area contributed by atoms with E-state index >= 15 is 0 Å². The quantitative estimate of drug-likeness (QED) is 0.262. The summed E-state index contributed by atoms with van der Waals surface area (Å²) in [5, 5.41) is 5.23. The van der Waals surface area contributed by atoms with Gasteiger partial charge in [-0.15, -0.1) is 0 Å². The monoisotopic (exact) mass is 430 g/mol. The molecule has 6 aromatic carbocycles. The summed E-state index contributed by atoms with van der Waals surface area (Å²) >= 11 is 0. The molecule has 0 bridgehead atoms. The first-order valence-corrected chi connectivity index (χ1v) is 11.7. The predicted octanol–water partition coefficient (Wildman–Crippen LogP) is 9.62. The van der Waals surface area contributed by atoms with E-state index in [1.54, 1.807) is 0 Å². The van der Waals surface area contributed by atoms with Crippen LogP contribution in [0.25, 0.3) is 72.1 Å². The molecule has 6 aromatic rings. The van der Waals surface area contributed by atoms with Gasteiger partial charge in [-0.25, -0.2) is 0 Å². The van der Waals surface area contributed by atoms with Crippen LogP contribution in [0.1, 0.15) is 5.56 Å². The average Bonchev–Trinajstić information content (AvgIpc) is 3.23. The molecule has 0 radical (unpaired) electrons. The highest BCUT2D eigenvalue weighted by molar-refractivity contribution is 6.27. The first-order valence-electron chi connectivity index (χ1n) is 11.7. The van der Waals surface area contributed by atoms with Gasteiger partial charge in [0.2, 0.25) is 0 Å². The molecular weight excluding hydrogens is 408 g/mol. The van der Waals surface area contributed by atoms with Crippen LogP contribution in [0, 0.1) is 0 Å². The molecule has 0 nitrogen and oxygen atoms in total. The van der Waals surface area contributed by atoms with E-state index in [0.29, 0.717) is 0 Å². The molecule has 0 saturated heterocycles. The summed E-state index contributed by atoms with van der Waals surface area (Å²) in [6.07, 6.45) is 1.90. The van der Waals surface area contributed by atoms with Crippen LogP contribution in [0.15, 0.2) is 122 Å². The van der Waals surface area contributed by atoms with Crippen LogP contribution in [0.5, 0.6) is 0 Å². The van der Waals surface area contributed by atoms with E-state index in [1.165, 1.54) is 66.1 Å². The lowest BCUT2D eigenvalue weighted by atomic mass is 9.82. The molecule has 1 aliphatic carbocycles. The molecule has 1 aliphatic rings. The van der Waals surface area contributed by atoms with Crippen molar-refractivity contribution in [3.05, 3.63) is 127 Å². The lowest BCUT2D eigenvalue weighted by Crippen LogP contribution is -1.93. The molecule has 158 valence electrons. The van der Waals surface area contributed by atoms with Crippen molar-refractivity contribution in [2.45, 2.75) is 0 Å². The molecule has 0 spiro atoms. The lowest BCUT2D eigenvalue weighted by molar-refractivity contribution is 1.61. The standard InChI is InChI=1S/C34H22/c1-2-22-18-20-25(21-19-22)32-27-15-7-6-14-26(27)31(24-10-4-3-5-11-24)33-28-16-8-12-23-13-9-17-29(30(23)28)34(32)33/h2-21H,1H2. The van der Waals surface area contributed by atoms with Gasteiger partial charge in [0.1, 0.15) is 0 Å². The molecule has 0 atom stereocenters. The lowest BCUT2D eigenvalue weighted by Gasteiger charge is -2.20. The Morgan fingerprint density at radius 3 is 1.53 bits per heavy atom. The minimum absolute atomic E-state index is 1.14. The molecule has 0 amide bonds. The van der Waals surface area contributed by atoms with Crippen LogP contribution >= 0.6 is 0 Å². The molecule has 0 fully saturated rings. The maximum Gasteiger partial charge on any atom is -0.000742 e. The van der Waals surface area contributed by atoms with Crippen LogP contribution < -0.4 is 0 Å². The van der Waals surface area contributed by atoms with Gasteiger partial charge in [-0.2, -0.15) is 0 Å². The Hall–Kier alpha value is -4.42. The van der Waals surface area contributed by atoms with E-state index < -0.39 is 0 Å². The zero-order valence-electron chi connectivity index (χ0n) is 18.8. The van der Waals surface area contributed by atoms with E-state index in [4.69, 9.17) is 0 Å². The second-order valence-electron chi connectivity index (χ2n) is 8.95. The Morgan fingerprint density at radius 1 is 0.441 bits per heavy atom. The minimum Gasteiger partial charge on any atom is -0.0985 e. The molecule has 0 aliphatic heterocycles. The summed E-state index contributed by atoms with van der Waals surface area (Å²) in [6.45, 7) is 3.94. The van der Waals surface area contributed by atoms with Gasteiger partial charge in [0.15, 0.2) is 0 Å². The van der Waals surface area contributed by atoms with Crippen LogP contribution in [0.3, 0.4) is 0 Å². The first kappa shape index (κ1) is 19.1. The second-order valence-corrected chi connectivity index (χ2v) is 8.95. The van der Waals surface area contributed by atoms with Gasteiger partial charge >= 0.3 is 0 Å². The van der Waals surface area contributed by atoms with Crippen molar-refractivity contribution in [3.8, 4) is 44.5 Å². The van der Waals surface area contributed by atoms with Crippen molar-refractivity contribution < 1.29 is 0 Å². The Kier molecular flexibility index (Phi) is 4.10. The molecule has 0 aromatic heterocycles. The Balaban J connectivity index is 1.73. The molecule has 0 saturated carbocycles. The Morgan fingerprint density at radius 2 is 0.971 bits per heavy atom. The van der Waals surface area contributed by atoms with E-state index in [1.807, 2.05) is 6.08 Å². The Bertz CT molecular complexity index is 1730. The van der Waals surface area contributed by atoms with Gasteiger partial charge in [0.05, 0.1) is 0 Å². The van der Waals surface area contributed by atoms with Crippen molar-refractivity contribution in [2.75, 3.05) is 0 Å². The summed E-state index contributed by atoms with van der Waals surface area (Å²) in [7, 11) is 0. The largest absolute Gasteiger partial charge is 0.0985 e. The van der Waals surface area contributed by atoms with Crippen LogP contribution in [0.2, 0.25) is 0 Å². The molecule has 0 heteroatoms.